The summed E-state index contributed by atoms with van der Waals surface area (Å²) in [6.07, 6.45) is -7.86. The Labute approximate surface area is 831 Å². The zero-order valence-corrected chi connectivity index (χ0v) is 82.6. The smallest absolute Gasteiger partial charge is 0.231 e. The first-order valence-corrected chi connectivity index (χ1v) is 49.4. The normalized spacial score (nSPS) is 30.7. The van der Waals surface area contributed by atoms with Gasteiger partial charge in [0.15, 0.2) is 71.4 Å². The summed E-state index contributed by atoms with van der Waals surface area (Å²) in [7, 11) is 4.26. The van der Waals surface area contributed by atoms with Crippen LogP contribution >= 0.6 is 11.6 Å². The van der Waals surface area contributed by atoms with Crippen LogP contribution in [0.3, 0.4) is 0 Å². The van der Waals surface area contributed by atoms with Gasteiger partial charge in [0.2, 0.25) is 6.79 Å². The SMILES string of the molecule is COc1cc(C2c3cc(C)c(O)cc3C[C@H](CO)[C@H]2CO[C@@H]2OC[C@@H](O)[C@H](C)[C@H]2O)ccc1F.COc1cc(C2c3cc(Cl)c(C)cc3C[C@H](CO)[C@H]2CO[C@@H]2OC[C@@H](O)[C@H](C)[C@H]2O)ccc1F.COc1cc(C2c3cc(OC(C)C)ccc3C[C@H](CO)[C@H]2CO[C@@H]2OC[C@@H](O)[C@H](C)[C@H]2O)ccc1F.C[C@@H]1[C@@H](O)[C@H](OC[C@H]2C(c3ccc4c(c3)OCO4)c3cc(-c4ccccc4)ccc3C[C@@H]2CO)OC[C@H]1O. The number of benzene rings is 9. The lowest BCUT2D eigenvalue weighted by Crippen LogP contribution is -2.50. The number of aliphatic hydroxyl groups is 12. The van der Waals surface area contributed by atoms with E-state index in [1.807, 2.05) is 94.4 Å². The molecule has 142 heavy (non-hydrogen) atoms. The minimum Gasteiger partial charge on any atom is -0.508 e. The molecule has 4 fully saturated rings. The maximum atomic E-state index is 14.3. The van der Waals surface area contributed by atoms with E-state index in [1.54, 1.807) is 70.2 Å². The second kappa shape index (κ2) is 48.0. The maximum absolute atomic E-state index is 14.3. The lowest BCUT2D eigenvalue weighted by Gasteiger charge is -2.42. The second-order valence-electron chi connectivity index (χ2n) is 39.7. The lowest BCUT2D eigenvalue weighted by molar-refractivity contribution is -0.259. The molecule has 5 heterocycles. The van der Waals surface area contributed by atoms with Gasteiger partial charge in [-0.25, -0.2) is 13.2 Å². The molecule has 770 valence electrons. The molecule has 4 aliphatic carbocycles. The summed E-state index contributed by atoms with van der Waals surface area (Å²) in [5, 5.41) is 135. The van der Waals surface area contributed by atoms with E-state index in [-0.39, 0.29) is 192 Å². The maximum Gasteiger partial charge on any atom is 0.231 e. The number of aryl methyl sites for hydroxylation is 2. The fourth-order valence-electron chi connectivity index (χ4n) is 21.7. The van der Waals surface area contributed by atoms with E-state index < -0.39 is 109 Å². The molecule has 27 nitrogen and oxygen atoms in total. The summed E-state index contributed by atoms with van der Waals surface area (Å²) in [4.78, 5) is 0. The van der Waals surface area contributed by atoms with E-state index >= 15 is 0 Å². The van der Waals surface area contributed by atoms with Crippen molar-refractivity contribution in [2.75, 3.05) is 107 Å². The quantitative estimate of drug-likeness (QED) is 0.0239. The van der Waals surface area contributed by atoms with Crippen molar-refractivity contribution in [2.45, 2.75) is 185 Å². The average molecular weight is 1990 g/mol. The molecule has 4 unspecified atom stereocenters. The van der Waals surface area contributed by atoms with E-state index in [0.29, 0.717) is 35.6 Å². The number of hydrogen-bond acceptors (Lipinski definition) is 27. The van der Waals surface area contributed by atoms with Crippen LogP contribution in [-0.2, 0) is 63.6 Å². The van der Waals surface area contributed by atoms with E-state index in [1.165, 1.54) is 50.7 Å². The van der Waals surface area contributed by atoms with Crippen LogP contribution in [0.1, 0.15) is 143 Å². The number of aromatic hydroxyl groups is 1. The van der Waals surface area contributed by atoms with Gasteiger partial charge in [-0.15, -0.1) is 0 Å². The first-order valence-electron chi connectivity index (χ1n) is 49.1. The molecule has 4 saturated heterocycles. The second-order valence-corrected chi connectivity index (χ2v) is 40.1. The zero-order chi connectivity index (χ0) is 101. The van der Waals surface area contributed by atoms with Crippen molar-refractivity contribution >= 4 is 11.6 Å². The molecule has 0 amide bonds. The van der Waals surface area contributed by atoms with E-state index in [0.717, 1.165) is 90.2 Å². The van der Waals surface area contributed by atoms with Gasteiger partial charge in [0.05, 0.1) is 105 Å². The van der Waals surface area contributed by atoms with Crippen LogP contribution in [-0.4, -0.2) is 254 Å². The summed E-state index contributed by atoms with van der Waals surface area (Å²) < 4.78 is 122. The highest BCUT2D eigenvalue weighted by Gasteiger charge is 2.49. The van der Waals surface area contributed by atoms with Gasteiger partial charge in [0.25, 0.3) is 0 Å². The fourth-order valence-corrected chi connectivity index (χ4v) is 21.9. The van der Waals surface area contributed by atoms with Gasteiger partial charge < -0.3 is 133 Å². The molecule has 9 aromatic rings. The summed E-state index contributed by atoms with van der Waals surface area (Å²) in [5.41, 5.74) is 15.9. The van der Waals surface area contributed by atoms with Gasteiger partial charge in [0, 0.05) is 78.8 Å². The Morgan fingerprint density at radius 2 is 0.725 bits per heavy atom. The predicted molar refractivity (Wildman–Crippen MR) is 520 cm³/mol. The van der Waals surface area contributed by atoms with Crippen LogP contribution in [0.25, 0.3) is 11.1 Å². The molecule has 0 bridgehead atoms. The highest BCUT2D eigenvalue weighted by atomic mass is 35.5. The lowest BCUT2D eigenvalue weighted by atomic mass is 9.66. The van der Waals surface area contributed by atoms with Crippen LogP contribution in [0, 0.1) is 102 Å². The van der Waals surface area contributed by atoms with E-state index in [9.17, 15) is 79.6 Å². The molecule has 0 aromatic heterocycles. The Hall–Kier alpha value is -9.14. The Balaban J connectivity index is 0.000000143. The molecule has 13 N–H and O–H groups in total. The Bertz CT molecular complexity index is 5520. The third-order valence-corrected chi connectivity index (χ3v) is 31.0. The molecule has 9 aliphatic rings. The van der Waals surface area contributed by atoms with Crippen LogP contribution in [0.2, 0.25) is 5.02 Å². The molecular formula is C111H136ClF3O27. The molecule has 0 spiro atoms. The highest BCUT2D eigenvalue weighted by molar-refractivity contribution is 6.31. The third kappa shape index (κ3) is 23.7. The van der Waals surface area contributed by atoms with Crippen molar-refractivity contribution in [3.8, 4) is 51.4 Å². The summed E-state index contributed by atoms with van der Waals surface area (Å²) in [6, 6.07) is 50.8. The zero-order valence-electron chi connectivity index (χ0n) is 81.9. The van der Waals surface area contributed by atoms with E-state index in [4.69, 9.17) is 77.9 Å². The van der Waals surface area contributed by atoms with Crippen molar-refractivity contribution in [2.24, 2.45) is 71.0 Å². The fraction of sp³-hybridized carbons (Fsp3) is 0.514. The molecule has 0 radical (unpaired) electrons. The third-order valence-electron chi connectivity index (χ3n) is 30.6. The number of halogens is 4. The Kier molecular flexibility index (Phi) is 36.2. The monoisotopic (exact) mass is 1990 g/mol. The number of aliphatic hydroxyl groups excluding tert-OH is 12. The molecule has 0 saturated carbocycles. The first-order chi connectivity index (χ1) is 68.2. The van der Waals surface area contributed by atoms with Gasteiger partial charge in [-0.05, 0) is 263 Å². The van der Waals surface area contributed by atoms with Crippen molar-refractivity contribution in [3.05, 3.63) is 264 Å². The number of rotatable bonds is 26. The van der Waals surface area contributed by atoms with Gasteiger partial charge in [-0.1, -0.05) is 130 Å². The van der Waals surface area contributed by atoms with Crippen LogP contribution < -0.4 is 28.4 Å². The molecule has 18 rings (SSSR count). The topological polar surface area (TPSA) is 392 Å². The molecule has 31 heteroatoms. The van der Waals surface area contributed by atoms with Crippen LogP contribution in [0.5, 0.6) is 40.2 Å². The number of fused-ring (bicyclic) bond motifs is 5. The largest absolute Gasteiger partial charge is 0.508 e. The molecule has 5 aliphatic heterocycles. The van der Waals surface area contributed by atoms with E-state index in [2.05, 4.69) is 36.4 Å². The summed E-state index contributed by atoms with van der Waals surface area (Å²) >= 11 is 6.51. The predicted octanol–water partition coefficient (Wildman–Crippen LogP) is 12.9. The number of ether oxygens (including phenoxy) is 14. The first kappa shape index (κ1) is 107. The summed E-state index contributed by atoms with van der Waals surface area (Å²) in [6.45, 7) is 15.9. The van der Waals surface area contributed by atoms with Gasteiger partial charge >= 0.3 is 0 Å². The van der Waals surface area contributed by atoms with Gasteiger partial charge in [-0.3, -0.25) is 0 Å². The van der Waals surface area contributed by atoms with Crippen molar-refractivity contribution in [3.63, 3.8) is 0 Å². The summed E-state index contributed by atoms with van der Waals surface area (Å²) in [5.74, 6) is -2.29. The Morgan fingerprint density at radius 1 is 0.373 bits per heavy atom. The number of phenolic OH excluding ortho intramolecular Hbond substituents is 1. The minimum absolute atomic E-state index is 0.00241. The van der Waals surface area contributed by atoms with Crippen LogP contribution in [0.4, 0.5) is 13.2 Å². The number of hydrogen-bond donors (Lipinski definition) is 13. The molecule has 28 atom stereocenters. The molecular weight excluding hydrogens is 1860 g/mol. The van der Waals surface area contributed by atoms with Crippen molar-refractivity contribution < 1.29 is 146 Å². The standard InChI is InChI=1S/C31H34O7.C28H37FO7.C26H32ClFO6.C26H33FO7/c1-18-26(33)16-36-31(30(18)34)35-15-25-23(14-32)11-21-8-7-20(19-5-3-2-4-6-19)12-24(21)29(25)22-9-10-27-28(13-22)38-17-37-27;1-15(2)36-20-7-5-17-9-19(12-30)22(13-34-28-27(32)16(3)24(31)14-35-28)26(21(17)11-20)18-6-8-23(29)25(10-18)33-4;1-13-6-16-7-17(10-29)19(11-33-26-25(31)14(2)22(30)12-34-26)24(18(16)9-20(13)27)15-4-5-21(28)23(8-15)32-3;1-13-6-18-16(8-21(13)29)7-17(10-28)19(11-33-26-25(31)14(2)22(30)12-34-26)24(18)15-4-5-20(27)23(9-15)32-3/h2-10,12-13,18,23,25-26,29-34H,11,14-17H2,1H3;5-8,10-11,15-16,19,22,24,26-28,30-32H,9,12-14H2,1-4H3;4-6,8-9,14,17,19,22,24-26,29-31H,7,10-12H2,1-3H3;4-6,8-9,14,17,19,22,24-26,28-31H,7,10-12H2,1-3H3/t18-,23+,25+,26+,29?,30+,31+;16-,19+,22+,24+,26?,27+,28+;2*14-,17+,19+,22+,24?,25+,26+/m0000/s1. The number of phenols is 1. The van der Waals surface area contributed by atoms with Crippen molar-refractivity contribution in [1.82, 2.24) is 0 Å². The highest BCUT2D eigenvalue weighted by Crippen LogP contribution is 2.53. The Morgan fingerprint density at radius 3 is 1.12 bits per heavy atom. The van der Waals surface area contributed by atoms with Crippen molar-refractivity contribution in [1.29, 1.82) is 0 Å². The van der Waals surface area contributed by atoms with Gasteiger partial charge in [-0.2, -0.15) is 0 Å². The van der Waals surface area contributed by atoms with Gasteiger partial charge in [0.1, 0.15) is 35.9 Å². The minimum atomic E-state index is -0.990. The van der Waals surface area contributed by atoms with Crippen LogP contribution in [0.15, 0.2) is 164 Å². The molecule has 9 aromatic carbocycles. The number of methoxy groups -OCH3 is 3. The average Bonchev–Trinajstić information content (AvgIpc) is 1.19.